The molecule has 0 spiro atoms. The molecule has 3 aromatic rings. The number of nitrogens with one attached hydrogen (secondary N) is 1. The second-order valence-corrected chi connectivity index (χ2v) is 8.06. The van der Waals surface area contributed by atoms with Crippen LogP contribution in [0.15, 0.2) is 36.4 Å². The summed E-state index contributed by atoms with van der Waals surface area (Å²) in [4.78, 5) is 0. The van der Waals surface area contributed by atoms with Crippen LogP contribution in [0.3, 0.4) is 0 Å². The first kappa shape index (κ1) is 19.4. The Morgan fingerprint density at radius 2 is 1.79 bits per heavy atom. The van der Waals surface area contributed by atoms with E-state index in [1.807, 2.05) is 10.6 Å². The number of alkyl halides is 2. The lowest BCUT2D eigenvalue weighted by atomic mass is 9.92. The highest BCUT2D eigenvalue weighted by atomic mass is 19.3. The molecule has 5 nitrogen and oxygen atoms in total. The number of nitrogens with zero attached hydrogens (tertiary/aromatic N) is 1. The first-order valence-corrected chi connectivity index (χ1v) is 9.28. The van der Waals surface area contributed by atoms with Crippen molar-refractivity contribution in [2.75, 3.05) is 11.9 Å². The van der Waals surface area contributed by atoms with Crippen LogP contribution in [0.25, 0.3) is 10.9 Å². The van der Waals surface area contributed by atoms with Crippen molar-refractivity contribution in [2.24, 2.45) is 5.73 Å². The van der Waals surface area contributed by atoms with Crippen LogP contribution in [-0.4, -0.2) is 17.4 Å². The molecular formula is C21H22F3N3O2. The van der Waals surface area contributed by atoms with Crippen molar-refractivity contribution in [3.63, 3.8) is 0 Å². The van der Waals surface area contributed by atoms with Crippen LogP contribution >= 0.6 is 0 Å². The van der Waals surface area contributed by atoms with Crippen molar-refractivity contribution in [3.8, 4) is 11.5 Å². The fourth-order valence-electron chi connectivity index (χ4n) is 3.55. The maximum Gasteiger partial charge on any atom is 0.586 e. The minimum Gasteiger partial charge on any atom is -0.395 e. The topological polar surface area (TPSA) is 61.4 Å². The van der Waals surface area contributed by atoms with Gasteiger partial charge in [0, 0.05) is 47.4 Å². The molecule has 0 aliphatic carbocycles. The molecule has 4 rings (SSSR count). The summed E-state index contributed by atoms with van der Waals surface area (Å²) in [5, 5.41) is 3.79. The summed E-state index contributed by atoms with van der Waals surface area (Å²) in [6, 6.07) is 9.41. The molecule has 29 heavy (non-hydrogen) atoms. The molecule has 1 aliphatic rings. The van der Waals surface area contributed by atoms with Crippen molar-refractivity contribution < 1.29 is 22.6 Å². The Bertz CT molecular complexity index is 1090. The number of fused-ring (bicyclic) bond motifs is 2. The zero-order valence-corrected chi connectivity index (χ0v) is 16.4. The van der Waals surface area contributed by atoms with Crippen LogP contribution in [0.1, 0.15) is 26.5 Å². The van der Waals surface area contributed by atoms with Gasteiger partial charge in [-0.3, -0.25) is 0 Å². The third-order valence-corrected chi connectivity index (χ3v) is 4.79. The van der Waals surface area contributed by atoms with Gasteiger partial charge in [0.05, 0.1) is 11.2 Å². The van der Waals surface area contributed by atoms with Gasteiger partial charge in [0.2, 0.25) is 0 Å². The quantitative estimate of drug-likeness (QED) is 0.634. The average Bonchev–Trinajstić information content (AvgIpc) is 3.11. The van der Waals surface area contributed by atoms with Gasteiger partial charge < -0.3 is 25.1 Å². The highest BCUT2D eigenvalue weighted by Gasteiger charge is 2.43. The molecule has 0 saturated heterocycles. The number of halogens is 3. The fraction of sp³-hybridized carbons (Fsp3) is 0.333. The van der Waals surface area contributed by atoms with Crippen LogP contribution in [0.5, 0.6) is 11.5 Å². The Morgan fingerprint density at radius 1 is 1.07 bits per heavy atom. The number of nitrogens with two attached hydrogens (primary N) is 1. The fourth-order valence-corrected chi connectivity index (χ4v) is 3.55. The van der Waals surface area contributed by atoms with Gasteiger partial charge >= 0.3 is 6.29 Å². The predicted molar refractivity (Wildman–Crippen MR) is 106 cm³/mol. The third-order valence-electron chi connectivity index (χ3n) is 4.79. The van der Waals surface area contributed by atoms with Gasteiger partial charge in [-0.2, -0.15) is 0 Å². The van der Waals surface area contributed by atoms with Crippen molar-refractivity contribution >= 4 is 22.3 Å². The minimum atomic E-state index is -3.69. The second-order valence-electron chi connectivity index (χ2n) is 8.06. The van der Waals surface area contributed by atoms with E-state index in [0.29, 0.717) is 18.8 Å². The molecule has 0 radical (unpaired) electrons. The predicted octanol–water partition coefficient (Wildman–Crippen LogP) is 5.10. The largest absolute Gasteiger partial charge is 0.586 e. The van der Waals surface area contributed by atoms with E-state index in [9.17, 15) is 13.2 Å². The van der Waals surface area contributed by atoms with Gasteiger partial charge in [-0.15, -0.1) is 8.78 Å². The van der Waals surface area contributed by atoms with Crippen molar-refractivity contribution in [2.45, 2.75) is 39.0 Å². The first-order valence-electron chi connectivity index (χ1n) is 9.28. The van der Waals surface area contributed by atoms with Gasteiger partial charge in [-0.1, -0.05) is 20.8 Å². The van der Waals surface area contributed by atoms with Gasteiger partial charge in [-0.25, -0.2) is 4.39 Å². The van der Waals surface area contributed by atoms with Gasteiger partial charge in [0.15, 0.2) is 11.5 Å². The van der Waals surface area contributed by atoms with Crippen LogP contribution in [0.2, 0.25) is 0 Å². The third kappa shape index (κ3) is 3.60. The summed E-state index contributed by atoms with van der Waals surface area (Å²) >= 11 is 0. The molecule has 0 saturated carbocycles. The molecule has 0 bridgehead atoms. The summed E-state index contributed by atoms with van der Waals surface area (Å²) in [5.41, 5.74) is 8.06. The monoisotopic (exact) mass is 405 g/mol. The summed E-state index contributed by atoms with van der Waals surface area (Å²) in [7, 11) is 0. The number of hydrogen-bond donors (Lipinski definition) is 2. The number of hydrogen-bond acceptors (Lipinski definition) is 4. The van der Waals surface area contributed by atoms with Crippen molar-refractivity contribution in [3.05, 3.63) is 47.9 Å². The molecular weight excluding hydrogens is 383 g/mol. The lowest BCUT2D eigenvalue weighted by Gasteiger charge is -2.21. The molecule has 0 atom stereocenters. The van der Waals surface area contributed by atoms with Crippen molar-refractivity contribution in [1.29, 1.82) is 0 Å². The van der Waals surface area contributed by atoms with E-state index in [4.69, 9.17) is 5.73 Å². The number of aromatic nitrogens is 1. The van der Waals surface area contributed by atoms with E-state index in [1.165, 1.54) is 24.3 Å². The minimum absolute atomic E-state index is 0.0647. The summed E-state index contributed by atoms with van der Waals surface area (Å²) < 4.78 is 52.1. The Morgan fingerprint density at radius 3 is 2.48 bits per heavy atom. The Labute approximate surface area is 166 Å². The number of anilines is 2. The summed E-state index contributed by atoms with van der Waals surface area (Å²) in [6.45, 7) is 7.29. The van der Waals surface area contributed by atoms with Crippen LogP contribution in [-0.2, 0) is 12.0 Å². The second kappa shape index (κ2) is 6.59. The van der Waals surface area contributed by atoms with Crippen LogP contribution < -0.4 is 20.5 Å². The van der Waals surface area contributed by atoms with E-state index in [0.717, 1.165) is 16.6 Å². The smallest absolute Gasteiger partial charge is 0.395 e. The average molecular weight is 405 g/mol. The molecule has 0 fully saturated rings. The molecule has 154 valence electrons. The molecule has 0 amide bonds. The van der Waals surface area contributed by atoms with E-state index < -0.39 is 12.1 Å². The number of benzene rings is 2. The lowest BCUT2D eigenvalue weighted by Crippen LogP contribution is -2.25. The van der Waals surface area contributed by atoms with Crippen molar-refractivity contribution in [1.82, 2.24) is 4.57 Å². The molecule has 1 aliphatic heterocycles. The Kier molecular flexibility index (Phi) is 4.42. The number of rotatable bonds is 4. The molecule has 0 unspecified atom stereocenters. The van der Waals surface area contributed by atoms with E-state index in [1.54, 1.807) is 6.07 Å². The van der Waals surface area contributed by atoms with Crippen LogP contribution in [0, 0.1) is 5.82 Å². The highest BCUT2D eigenvalue weighted by Crippen LogP contribution is 2.43. The first-order chi connectivity index (χ1) is 13.6. The normalized spacial score (nSPS) is 15.1. The Hall–Kier alpha value is -2.87. The van der Waals surface area contributed by atoms with Gasteiger partial charge in [0.25, 0.3) is 0 Å². The zero-order chi connectivity index (χ0) is 21.0. The lowest BCUT2D eigenvalue weighted by molar-refractivity contribution is -0.286. The van der Waals surface area contributed by atoms with E-state index in [-0.39, 0.29) is 22.6 Å². The van der Waals surface area contributed by atoms with Crippen LogP contribution in [0.4, 0.5) is 24.5 Å². The summed E-state index contributed by atoms with van der Waals surface area (Å²) in [6.07, 6.45) is -3.69. The molecule has 3 N–H and O–H groups in total. The highest BCUT2D eigenvalue weighted by molar-refractivity contribution is 5.86. The van der Waals surface area contributed by atoms with E-state index in [2.05, 4.69) is 35.6 Å². The summed E-state index contributed by atoms with van der Waals surface area (Å²) in [5.74, 6) is -0.631. The SMILES string of the molecule is CC(C)(C)c1cc2cc(Nc3ccc4c(c3)OC(F)(F)O4)c(F)cc2n1CCN. The standard InChI is InChI=1S/C21H22F3N3O2/c1-20(2,3)19-9-12-8-15(14(22)11-16(12)27(19)7-6-25)26-13-4-5-17-18(10-13)29-21(23,24)28-17/h4-5,8-11,26H,6-7,25H2,1-3H3. The van der Waals surface area contributed by atoms with Gasteiger partial charge in [-0.05, 0) is 24.3 Å². The number of ether oxygens (including phenoxy) is 2. The zero-order valence-electron chi connectivity index (χ0n) is 16.4. The molecule has 2 aromatic carbocycles. The molecule has 8 heteroatoms. The molecule has 2 heterocycles. The Balaban J connectivity index is 1.72. The molecule has 1 aromatic heterocycles. The maximum absolute atomic E-state index is 14.8. The maximum atomic E-state index is 14.8. The van der Waals surface area contributed by atoms with E-state index >= 15 is 0 Å². The van der Waals surface area contributed by atoms with Gasteiger partial charge in [0.1, 0.15) is 5.82 Å².